The highest BCUT2D eigenvalue weighted by Crippen LogP contribution is 2.24. The predicted octanol–water partition coefficient (Wildman–Crippen LogP) is 3.03. The van der Waals surface area contributed by atoms with E-state index in [0.29, 0.717) is 19.0 Å². The summed E-state index contributed by atoms with van der Waals surface area (Å²) in [6, 6.07) is 8.31. The fourth-order valence-corrected chi connectivity index (χ4v) is 4.17. The second-order valence-electron chi connectivity index (χ2n) is 7.85. The highest BCUT2D eigenvalue weighted by molar-refractivity contribution is 5.64. The third kappa shape index (κ3) is 5.36. The molecule has 2 aliphatic rings. The van der Waals surface area contributed by atoms with Crippen LogP contribution in [0, 0.1) is 5.92 Å². The van der Waals surface area contributed by atoms with Gasteiger partial charge in [0.1, 0.15) is 0 Å². The van der Waals surface area contributed by atoms with Crippen molar-refractivity contribution in [3.8, 4) is 0 Å². The molecule has 0 aliphatic carbocycles. The molecule has 0 radical (unpaired) electrons. The van der Waals surface area contributed by atoms with E-state index in [0.717, 1.165) is 57.5 Å². The first-order valence-corrected chi connectivity index (χ1v) is 10.3. The van der Waals surface area contributed by atoms with Crippen molar-refractivity contribution in [2.24, 2.45) is 5.92 Å². The summed E-state index contributed by atoms with van der Waals surface area (Å²) in [6.45, 7) is 8.65. The van der Waals surface area contributed by atoms with Crippen molar-refractivity contribution in [3.63, 3.8) is 0 Å². The molecule has 1 unspecified atom stereocenters. The van der Waals surface area contributed by atoms with Gasteiger partial charge in [0.05, 0.1) is 6.10 Å². The van der Waals surface area contributed by atoms with E-state index in [2.05, 4.69) is 21.9 Å². The number of benzene rings is 1. The molecule has 2 fully saturated rings. The molecule has 2 heterocycles. The Bertz CT molecular complexity index is 608. The molecule has 1 atom stereocenters. The molecule has 27 heavy (non-hydrogen) atoms. The molecule has 3 rings (SSSR count). The van der Waals surface area contributed by atoms with Gasteiger partial charge in [0.2, 0.25) is 0 Å². The number of carboxylic acid groups (broad SMARTS) is 1. The largest absolute Gasteiger partial charge is 0.465 e. The Hall–Kier alpha value is -1.79. The molecular formula is C21H33N3O3. The van der Waals surface area contributed by atoms with Gasteiger partial charge >= 0.3 is 6.09 Å². The number of carbonyl (C=O) groups is 1. The van der Waals surface area contributed by atoms with Crippen LogP contribution in [-0.4, -0.2) is 71.9 Å². The molecule has 2 N–H and O–H groups in total. The summed E-state index contributed by atoms with van der Waals surface area (Å²) in [7, 11) is 0. The third-order valence-electron chi connectivity index (χ3n) is 6.12. The standard InChI is InChI=1S/C21H33N3O3/c1-2-20(25)18-4-3-5-19(16-18)23-14-12-22(13-15-23)9-6-17-7-10-24(11-8-17)21(26)27/h3-5,16-17,20,25H,2,6-15H2,1H3,(H,26,27). The van der Waals surface area contributed by atoms with Gasteiger partial charge in [-0.25, -0.2) is 4.79 Å². The number of aliphatic hydroxyl groups excluding tert-OH is 1. The van der Waals surface area contributed by atoms with Crippen LogP contribution in [0.2, 0.25) is 0 Å². The summed E-state index contributed by atoms with van der Waals surface area (Å²) >= 11 is 0. The molecule has 0 aromatic heterocycles. The molecule has 0 saturated carbocycles. The number of amides is 1. The van der Waals surface area contributed by atoms with Crippen LogP contribution in [0.25, 0.3) is 0 Å². The van der Waals surface area contributed by atoms with E-state index < -0.39 is 6.09 Å². The van der Waals surface area contributed by atoms with Gasteiger partial charge < -0.3 is 20.0 Å². The lowest BCUT2D eigenvalue weighted by Gasteiger charge is -2.37. The van der Waals surface area contributed by atoms with Crippen LogP contribution in [-0.2, 0) is 0 Å². The van der Waals surface area contributed by atoms with Gasteiger partial charge in [0.25, 0.3) is 0 Å². The predicted molar refractivity (Wildman–Crippen MR) is 107 cm³/mol. The number of piperazine rings is 1. The van der Waals surface area contributed by atoms with Crippen molar-refractivity contribution >= 4 is 11.8 Å². The van der Waals surface area contributed by atoms with Crippen molar-refractivity contribution in [3.05, 3.63) is 29.8 Å². The molecular weight excluding hydrogens is 342 g/mol. The van der Waals surface area contributed by atoms with E-state index >= 15 is 0 Å². The highest BCUT2D eigenvalue weighted by Gasteiger charge is 2.24. The van der Waals surface area contributed by atoms with Crippen molar-refractivity contribution in [2.45, 2.75) is 38.7 Å². The maximum absolute atomic E-state index is 11.0. The Balaban J connectivity index is 1.41. The number of nitrogens with zero attached hydrogens (tertiary/aromatic N) is 3. The van der Waals surface area contributed by atoms with Crippen LogP contribution in [0.5, 0.6) is 0 Å². The zero-order chi connectivity index (χ0) is 19.2. The van der Waals surface area contributed by atoms with Crippen LogP contribution >= 0.6 is 0 Å². The molecule has 0 bridgehead atoms. The van der Waals surface area contributed by atoms with E-state index in [1.165, 1.54) is 12.1 Å². The maximum Gasteiger partial charge on any atom is 0.407 e. The average molecular weight is 376 g/mol. The average Bonchev–Trinajstić information content (AvgIpc) is 2.72. The Morgan fingerprint density at radius 3 is 2.48 bits per heavy atom. The molecule has 1 aromatic carbocycles. The Labute approximate surface area is 162 Å². The van der Waals surface area contributed by atoms with Crippen molar-refractivity contribution in [2.75, 3.05) is 50.7 Å². The van der Waals surface area contributed by atoms with E-state index in [-0.39, 0.29) is 6.10 Å². The Morgan fingerprint density at radius 1 is 1.15 bits per heavy atom. The molecule has 1 aromatic rings. The number of anilines is 1. The zero-order valence-electron chi connectivity index (χ0n) is 16.4. The molecule has 2 saturated heterocycles. The topological polar surface area (TPSA) is 67.2 Å². The Morgan fingerprint density at radius 2 is 1.85 bits per heavy atom. The van der Waals surface area contributed by atoms with Gasteiger partial charge in [0.15, 0.2) is 0 Å². The first kappa shape index (κ1) is 20.0. The van der Waals surface area contributed by atoms with E-state index in [1.54, 1.807) is 4.90 Å². The van der Waals surface area contributed by atoms with Gasteiger partial charge in [-0.1, -0.05) is 19.1 Å². The van der Waals surface area contributed by atoms with Crippen LogP contribution in [0.4, 0.5) is 10.5 Å². The summed E-state index contributed by atoms with van der Waals surface area (Å²) in [5.41, 5.74) is 2.21. The fraction of sp³-hybridized carbons (Fsp3) is 0.667. The molecule has 2 aliphatic heterocycles. The molecule has 1 amide bonds. The molecule has 150 valence electrons. The SMILES string of the molecule is CCC(O)c1cccc(N2CCN(CCC3CCN(C(=O)O)CC3)CC2)c1. The second kappa shape index (κ2) is 9.42. The van der Waals surface area contributed by atoms with E-state index in [1.807, 2.05) is 19.1 Å². The minimum atomic E-state index is -0.778. The second-order valence-corrected chi connectivity index (χ2v) is 7.85. The lowest BCUT2D eigenvalue weighted by molar-refractivity contribution is 0.119. The van der Waals surface area contributed by atoms with Gasteiger partial charge in [-0.05, 0) is 55.8 Å². The monoisotopic (exact) mass is 375 g/mol. The third-order valence-corrected chi connectivity index (χ3v) is 6.12. The number of hydrogen-bond acceptors (Lipinski definition) is 4. The summed E-state index contributed by atoms with van der Waals surface area (Å²) in [5.74, 6) is 0.658. The number of hydrogen-bond donors (Lipinski definition) is 2. The first-order valence-electron chi connectivity index (χ1n) is 10.3. The lowest BCUT2D eigenvalue weighted by atomic mass is 9.93. The van der Waals surface area contributed by atoms with E-state index in [9.17, 15) is 9.90 Å². The molecule has 0 spiro atoms. The summed E-state index contributed by atoms with van der Waals surface area (Å²) < 4.78 is 0. The van der Waals surface area contributed by atoms with Gasteiger partial charge in [-0.15, -0.1) is 0 Å². The normalized spacial score (nSPS) is 20.7. The Kier molecular flexibility index (Phi) is 6.96. The van der Waals surface area contributed by atoms with Crippen LogP contribution in [0.15, 0.2) is 24.3 Å². The van der Waals surface area contributed by atoms with Crippen LogP contribution < -0.4 is 4.90 Å². The highest BCUT2D eigenvalue weighted by atomic mass is 16.4. The van der Waals surface area contributed by atoms with Crippen molar-refractivity contribution in [1.82, 2.24) is 9.80 Å². The number of likely N-dealkylation sites (tertiary alicyclic amines) is 1. The summed E-state index contributed by atoms with van der Waals surface area (Å²) in [6.07, 6.45) is 2.75. The quantitative estimate of drug-likeness (QED) is 0.800. The number of aliphatic hydroxyl groups is 1. The fourth-order valence-electron chi connectivity index (χ4n) is 4.17. The van der Waals surface area contributed by atoms with Crippen LogP contribution in [0.1, 0.15) is 44.3 Å². The zero-order valence-corrected chi connectivity index (χ0v) is 16.4. The van der Waals surface area contributed by atoms with E-state index in [4.69, 9.17) is 5.11 Å². The van der Waals surface area contributed by atoms with Gasteiger partial charge in [-0.3, -0.25) is 4.90 Å². The van der Waals surface area contributed by atoms with Gasteiger partial charge in [-0.2, -0.15) is 0 Å². The molecule has 6 heteroatoms. The first-order chi connectivity index (χ1) is 13.1. The van der Waals surface area contributed by atoms with Crippen molar-refractivity contribution < 1.29 is 15.0 Å². The lowest BCUT2D eigenvalue weighted by Crippen LogP contribution is -2.47. The number of piperidine rings is 1. The summed E-state index contributed by atoms with van der Waals surface area (Å²) in [4.78, 5) is 17.5. The number of rotatable bonds is 6. The molecule has 6 nitrogen and oxygen atoms in total. The van der Waals surface area contributed by atoms with Gasteiger partial charge in [0, 0.05) is 45.0 Å². The smallest absolute Gasteiger partial charge is 0.407 e. The summed E-state index contributed by atoms with van der Waals surface area (Å²) in [5, 5.41) is 19.1. The maximum atomic E-state index is 11.0. The minimum Gasteiger partial charge on any atom is -0.465 e. The van der Waals surface area contributed by atoms with Crippen molar-refractivity contribution in [1.29, 1.82) is 0 Å². The van der Waals surface area contributed by atoms with Crippen LogP contribution in [0.3, 0.4) is 0 Å². The minimum absolute atomic E-state index is 0.376.